The highest BCUT2D eigenvalue weighted by Gasteiger charge is 2.44. The van der Waals surface area contributed by atoms with Crippen molar-refractivity contribution in [2.24, 2.45) is 0 Å². The summed E-state index contributed by atoms with van der Waals surface area (Å²) in [5, 5.41) is 54.8. The highest BCUT2D eigenvalue weighted by atomic mass is 16.7. The average Bonchev–Trinajstić information content (AvgIpc) is 3.38. The Kier molecular flexibility index (Phi) is 50.2. The van der Waals surface area contributed by atoms with Gasteiger partial charge in [0.1, 0.15) is 24.4 Å². The fraction of sp³-hybridized carbons (Fsp3) is 0.889. The Morgan fingerprint density at radius 3 is 1.21 bits per heavy atom. The van der Waals surface area contributed by atoms with Crippen LogP contribution >= 0.6 is 0 Å². The summed E-state index contributed by atoms with van der Waals surface area (Å²) in [6, 6.07) is -0.725. The number of aliphatic hydroxyl groups is 5. The van der Waals surface area contributed by atoms with Crippen molar-refractivity contribution in [2.75, 3.05) is 13.2 Å². The molecule has 0 saturated carbocycles. The lowest BCUT2D eigenvalue weighted by atomic mass is 9.99. The van der Waals surface area contributed by atoms with Gasteiger partial charge >= 0.3 is 0 Å². The molecular formula is C63H119NO8. The molecule has 6 N–H and O–H groups in total. The van der Waals surface area contributed by atoms with Crippen molar-refractivity contribution in [3.05, 3.63) is 36.5 Å². The van der Waals surface area contributed by atoms with E-state index in [1.54, 1.807) is 0 Å². The van der Waals surface area contributed by atoms with Crippen LogP contribution in [-0.2, 0) is 14.3 Å². The predicted molar refractivity (Wildman–Crippen MR) is 304 cm³/mol. The first-order valence-corrected chi connectivity index (χ1v) is 31.2. The Bertz CT molecular complexity index is 1230. The number of hydrogen-bond donors (Lipinski definition) is 6. The molecule has 424 valence electrons. The lowest BCUT2D eigenvalue weighted by Gasteiger charge is -2.40. The van der Waals surface area contributed by atoms with Gasteiger partial charge < -0.3 is 40.3 Å². The molecule has 1 heterocycles. The summed E-state index contributed by atoms with van der Waals surface area (Å²) in [6.07, 6.45) is 61.8. The molecule has 0 radical (unpaired) electrons. The van der Waals surface area contributed by atoms with Gasteiger partial charge in [-0.2, -0.15) is 0 Å². The van der Waals surface area contributed by atoms with Crippen molar-refractivity contribution in [3.63, 3.8) is 0 Å². The molecule has 1 rings (SSSR count). The zero-order valence-corrected chi connectivity index (χ0v) is 47.2. The Morgan fingerprint density at radius 2 is 0.819 bits per heavy atom. The second kappa shape index (κ2) is 52.8. The van der Waals surface area contributed by atoms with Crippen LogP contribution in [0.5, 0.6) is 0 Å². The molecule has 7 atom stereocenters. The Labute approximate surface area is 444 Å². The quantitative estimate of drug-likeness (QED) is 0.0261. The normalized spacial score (nSPS) is 19.3. The number of ether oxygens (including phenoxy) is 2. The molecule has 7 unspecified atom stereocenters. The van der Waals surface area contributed by atoms with Crippen LogP contribution in [-0.4, -0.2) is 87.5 Å². The second-order valence-corrected chi connectivity index (χ2v) is 21.9. The van der Waals surface area contributed by atoms with Crippen molar-refractivity contribution in [3.8, 4) is 0 Å². The van der Waals surface area contributed by atoms with E-state index in [1.807, 2.05) is 0 Å². The molecule has 1 amide bonds. The third kappa shape index (κ3) is 41.6. The van der Waals surface area contributed by atoms with Gasteiger partial charge in [-0.05, 0) is 51.4 Å². The van der Waals surface area contributed by atoms with Crippen molar-refractivity contribution in [2.45, 2.75) is 346 Å². The summed E-state index contributed by atoms with van der Waals surface area (Å²) in [7, 11) is 0. The molecule has 9 heteroatoms. The van der Waals surface area contributed by atoms with Crippen LogP contribution in [0, 0.1) is 0 Å². The molecule has 72 heavy (non-hydrogen) atoms. The summed E-state index contributed by atoms with van der Waals surface area (Å²) < 4.78 is 11.3. The fourth-order valence-corrected chi connectivity index (χ4v) is 10.1. The molecule has 1 aliphatic rings. The van der Waals surface area contributed by atoms with Gasteiger partial charge in [0.05, 0.1) is 25.4 Å². The highest BCUT2D eigenvalue weighted by Crippen LogP contribution is 2.23. The smallest absolute Gasteiger partial charge is 0.220 e. The minimum atomic E-state index is -1.56. The van der Waals surface area contributed by atoms with Crippen LogP contribution in [0.25, 0.3) is 0 Å². The monoisotopic (exact) mass is 1020 g/mol. The van der Waals surface area contributed by atoms with E-state index in [0.29, 0.717) is 12.8 Å². The van der Waals surface area contributed by atoms with Crippen molar-refractivity contribution < 1.29 is 39.8 Å². The first kappa shape index (κ1) is 68.4. The number of allylic oxidation sites excluding steroid dienone is 6. The van der Waals surface area contributed by atoms with Crippen molar-refractivity contribution in [1.82, 2.24) is 5.32 Å². The van der Waals surface area contributed by atoms with E-state index in [1.165, 1.54) is 218 Å². The summed E-state index contributed by atoms with van der Waals surface area (Å²) in [4.78, 5) is 13.1. The number of unbranched alkanes of at least 4 members (excludes halogenated alkanes) is 38. The molecule has 0 bridgehead atoms. The third-order valence-corrected chi connectivity index (χ3v) is 15.0. The zero-order valence-electron chi connectivity index (χ0n) is 47.2. The van der Waals surface area contributed by atoms with E-state index >= 15 is 0 Å². The molecular weight excluding hydrogens is 899 g/mol. The molecule has 0 spiro atoms. The van der Waals surface area contributed by atoms with Crippen LogP contribution in [0.2, 0.25) is 0 Å². The van der Waals surface area contributed by atoms with Crippen molar-refractivity contribution in [1.29, 1.82) is 0 Å². The first-order chi connectivity index (χ1) is 35.3. The van der Waals surface area contributed by atoms with Gasteiger partial charge in [0.25, 0.3) is 0 Å². The maximum Gasteiger partial charge on any atom is 0.220 e. The molecule has 0 aromatic carbocycles. The lowest BCUT2D eigenvalue weighted by Crippen LogP contribution is -2.60. The maximum absolute atomic E-state index is 13.1. The van der Waals surface area contributed by atoms with Gasteiger partial charge in [-0.3, -0.25) is 4.79 Å². The highest BCUT2D eigenvalue weighted by molar-refractivity contribution is 5.76. The molecule has 0 aromatic heterocycles. The fourth-order valence-electron chi connectivity index (χ4n) is 10.1. The van der Waals surface area contributed by atoms with Gasteiger partial charge in [0.2, 0.25) is 5.91 Å². The van der Waals surface area contributed by atoms with E-state index in [4.69, 9.17) is 9.47 Å². The summed E-state index contributed by atoms with van der Waals surface area (Å²) >= 11 is 0. The van der Waals surface area contributed by atoms with Gasteiger partial charge in [-0.15, -0.1) is 0 Å². The van der Waals surface area contributed by atoms with Gasteiger partial charge in [-0.25, -0.2) is 0 Å². The van der Waals surface area contributed by atoms with Gasteiger partial charge in [0.15, 0.2) is 6.29 Å². The minimum Gasteiger partial charge on any atom is -0.394 e. The molecule has 1 saturated heterocycles. The number of amides is 1. The van der Waals surface area contributed by atoms with Crippen LogP contribution in [0.1, 0.15) is 303 Å². The number of carbonyl (C=O) groups excluding carboxylic acids is 1. The number of hydrogen-bond acceptors (Lipinski definition) is 8. The maximum atomic E-state index is 13.1. The molecule has 0 aliphatic carbocycles. The number of aliphatic hydroxyl groups excluding tert-OH is 5. The lowest BCUT2D eigenvalue weighted by molar-refractivity contribution is -0.302. The van der Waals surface area contributed by atoms with E-state index in [9.17, 15) is 30.3 Å². The van der Waals surface area contributed by atoms with Crippen LogP contribution in [0.3, 0.4) is 0 Å². The number of rotatable bonds is 54. The van der Waals surface area contributed by atoms with Crippen LogP contribution in [0.15, 0.2) is 36.5 Å². The topological polar surface area (TPSA) is 149 Å². The van der Waals surface area contributed by atoms with E-state index in [-0.39, 0.29) is 12.5 Å². The molecule has 1 fully saturated rings. The number of nitrogens with one attached hydrogen (secondary N) is 1. The van der Waals surface area contributed by atoms with Gasteiger partial charge in [-0.1, -0.05) is 281 Å². The predicted octanol–water partition coefficient (Wildman–Crippen LogP) is 15.9. The molecule has 1 aliphatic heterocycles. The van der Waals surface area contributed by atoms with Crippen LogP contribution in [0.4, 0.5) is 0 Å². The Morgan fingerprint density at radius 1 is 0.472 bits per heavy atom. The SMILES string of the molecule is CCCCCCC/C=C\C/C=C\C/C=C\CCCCCCCCCCC(=O)NC(COC1OC(CO)C(O)C(O)C1O)C(O)CCCCCCCCCCCCCCCCCCCCCCCCCCCC. The standard InChI is InChI=1S/C63H119NO8/c1-3-5-7-9-11-13-15-17-19-21-23-25-27-28-29-31-32-34-36-38-40-42-44-46-48-50-52-57(66)56(55-71-63-62(70)61(69)60(68)58(54-65)72-63)64-59(67)53-51-49-47-45-43-41-39-37-35-33-30-26-24-22-20-18-16-14-12-10-8-6-4-2/h16,18,22,24,30,33,56-58,60-63,65-66,68-70H,3-15,17,19-21,23,25-29,31-32,34-55H2,1-2H3,(H,64,67)/b18-16-,24-22-,33-30-. The summed E-state index contributed by atoms with van der Waals surface area (Å²) in [5.74, 6) is -0.148. The summed E-state index contributed by atoms with van der Waals surface area (Å²) in [5.41, 5.74) is 0. The Hall–Kier alpha value is -1.59. The number of carbonyl (C=O) groups is 1. The van der Waals surface area contributed by atoms with Crippen LogP contribution < -0.4 is 5.32 Å². The van der Waals surface area contributed by atoms with E-state index in [0.717, 1.165) is 57.8 Å². The van der Waals surface area contributed by atoms with Gasteiger partial charge in [0, 0.05) is 6.42 Å². The third-order valence-electron chi connectivity index (χ3n) is 15.0. The average molecular weight is 1020 g/mol. The zero-order chi connectivity index (χ0) is 52.2. The van der Waals surface area contributed by atoms with Crippen molar-refractivity contribution >= 4 is 5.91 Å². The molecule has 0 aromatic rings. The summed E-state index contributed by atoms with van der Waals surface area (Å²) in [6.45, 7) is 3.86. The molecule has 9 nitrogen and oxygen atoms in total. The minimum absolute atomic E-state index is 0.140. The largest absolute Gasteiger partial charge is 0.394 e. The second-order valence-electron chi connectivity index (χ2n) is 21.9. The van der Waals surface area contributed by atoms with E-state index < -0.39 is 49.5 Å². The Balaban J connectivity index is 2.18. The van der Waals surface area contributed by atoms with E-state index in [2.05, 4.69) is 55.6 Å². The first-order valence-electron chi connectivity index (χ1n) is 31.2.